The van der Waals surface area contributed by atoms with Crippen molar-refractivity contribution < 1.29 is 31.5 Å². The van der Waals surface area contributed by atoms with E-state index in [2.05, 4.69) is 9.40 Å². The minimum Gasteiger partial charge on any atom is -0.484 e. The Kier molecular flexibility index (Phi) is 4.58. The molecule has 0 radical (unpaired) electrons. The van der Waals surface area contributed by atoms with Crippen molar-refractivity contribution in [1.82, 2.24) is 9.88 Å². The first-order chi connectivity index (χ1) is 13.4. The number of furan rings is 1. The highest BCUT2D eigenvalue weighted by Crippen LogP contribution is 2.31. The summed E-state index contributed by atoms with van der Waals surface area (Å²) >= 11 is 0. The molecule has 0 atom stereocenters. The van der Waals surface area contributed by atoms with Gasteiger partial charge >= 0.3 is 6.18 Å². The molecule has 9 heteroatoms. The molecule has 0 N–H and O–H groups in total. The maximum atomic E-state index is 12.6. The predicted octanol–water partition coefficient (Wildman–Crippen LogP) is 4.06. The number of ether oxygens (including phenoxy) is 1. The number of benzene rings is 1. The van der Waals surface area contributed by atoms with Gasteiger partial charge < -0.3 is 18.5 Å². The molecule has 1 aliphatic heterocycles. The van der Waals surface area contributed by atoms with Crippen LogP contribution in [0.5, 0.6) is 5.75 Å². The van der Waals surface area contributed by atoms with Crippen molar-refractivity contribution in [3.8, 4) is 5.75 Å². The monoisotopic (exact) mass is 392 g/mol. The number of nitrogens with zero attached hydrogens (tertiary/aromatic N) is 2. The maximum absolute atomic E-state index is 12.6. The third kappa shape index (κ3) is 3.73. The van der Waals surface area contributed by atoms with Crippen LogP contribution in [0.25, 0.3) is 0 Å². The van der Waals surface area contributed by atoms with Crippen LogP contribution in [-0.4, -0.2) is 22.3 Å². The van der Waals surface area contributed by atoms with Gasteiger partial charge in [0.2, 0.25) is 11.7 Å². The average molecular weight is 392 g/mol. The average Bonchev–Trinajstić information content (AvgIpc) is 3.33. The fourth-order valence-electron chi connectivity index (χ4n) is 2.91. The lowest BCUT2D eigenvalue weighted by atomic mass is 10.1. The minimum atomic E-state index is -4.63. The summed E-state index contributed by atoms with van der Waals surface area (Å²) in [6.45, 7) is 0.548. The first-order valence-electron chi connectivity index (χ1n) is 8.52. The summed E-state index contributed by atoms with van der Waals surface area (Å²) in [5, 5.41) is 0. The number of halogens is 3. The van der Waals surface area contributed by atoms with Crippen LogP contribution in [0.15, 0.2) is 51.3 Å². The molecular formula is C19H15F3N2O4. The standard InChI is InChI=1S/C19H15F3N2O4/c20-19(21,22)16-7-6-14(27-16)18(25)24-9-8-13-15(10-24)28-17(23-13)11-26-12-4-2-1-3-5-12/h1-7H,8-11H2. The number of carbonyl (C=O) groups excluding carboxylic acids is 1. The van der Waals surface area contributed by atoms with Gasteiger partial charge in [-0.1, -0.05) is 18.2 Å². The third-order valence-electron chi connectivity index (χ3n) is 4.26. The van der Waals surface area contributed by atoms with Crippen LogP contribution in [0, 0.1) is 0 Å². The summed E-state index contributed by atoms with van der Waals surface area (Å²) in [7, 11) is 0. The molecule has 3 aromatic rings. The van der Waals surface area contributed by atoms with Crippen molar-refractivity contribution in [2.75, 3.05) is 6.54 Å². The van der Waals surface area contributed by atoms with Gasteiger partial charge in [-0.2, -0.15) is 13.2 Å². The van der Waals surface area contributed by atoms with E-state index in [0.717, 1.165) is 12.1 Å². The van der Waals surface area contributed by atoms with Crippen LogP contribution in [0.4, 0.5) is 13.2 Å². The molecule has 3 heterocycles. The molecule has 0 unspecified atom stereocenters. The largest absolute Gasteiger partial charge is 0.484 e. The highest BCUT2D eigenvalue weighted by Gasteiger charge is 2.36. The molecule has 2 aromatic heterocycles. The lowest BCUT2D eigenvalue weighted by molar-refractivity contribution is -0.153. The van der Waals surface area contributed by atoms with E-state index in [1.807, 2.05) is 30.3 Å². The van der Waals surface area contributed by atoms with Crippen LogP contribution in [-0.2, 0) is 25.7 Å². The number of hydrogen-bond acceptors (Lipinski definition) is 5. The zero-order valence-corrected chi connectivity index (χ0v) is 14.5. The number of alkyl halides is 3. The highest BCUT2D eigenvalue weighted by molar-refractivity contribution is 5.91. The molecule has 146 valence electrons. The number of hydrogen-bond donors (Lipinski definition) is 0. The van der Waals surface area contributed by atoms with Crippen molar-refractivity contribution in [2.24, 2.45) is 0 Å². The van der Waals surface area contributed by atoms with Gasteiger partial charge in [-0.05, 0) is 24.3 Å². The first kappa shape index (κ1) is 18.1. The van der Waals surface area contributed by atoms with E-state index in [4.69, 9.17) is 9.15 Å². The van der Waals surface area contributed by atoms with Crippen molar-refractivity contribution in [1.29, 1.82) is 0 Å². The number of carbonyl (C=O) groups is 1. The van der Waals surface area contributed by atoms with E-state index >= 15 is 0 Å². The van der Waals surface area contributed by atoms with Crippen molar-refractivity contribution in [2.45, 2.75) is 25.7 Å². The molecule has 28 heavy (non-hydrogen) atoms. The molecule has 1 amide bonds. The Morgan fingerprint density at radius 3 is 2.64 bits per heavy atom. The maximum Gasteiger partial charge on any atom is 0.449 e. The predicted molar refractivity (Wildman–Crippen MR) is 89.4 cm³/mol. The van der Waals surface area contributed by atoms with E-state index in [1.165, 1.54) is 4.90 Å². The Morgan fingerprint density at radius 2 is 1.93 bits per heavy atom. The summed E-state index contributed by atoms with van der Waals surface area (Å²) in [5.41, 5.74) is 0.714. The summed E-state index contributed by atoms with van der Waals surface area (Å²) in [4.78, 5) is 18.2. The van der Waals surface area contributed by atoms with E-state index in [0.29, 0.717) is 36.1 Å². The Bertz CT molecular complexity index is 979. The van der Waals surface area contributed by atoms with Gasteiger partial charge in [0.25, 0.3) is 5.91 Å². The van der Waals surface area contributed by atoms with Gasteiger partial charge in [-0.25, -0.2) is 4.98 Å². The number of rotatable bonds is 4. The molecule has 1 aromatic carbocycles. The van der Waals surface area contributed by atoms with Gasteiger partial charge in [0.05, 0.1) is 12.2 Å². The molecule has 0 saturated carbocycles. The molecule has 0 spiro atoms. The fraction of sp³-hybridized carbons (Fsp3) is 0.263. The molecule has 0 aliphatic carbocycles. The van der Waals surface area contributed by atoms with Crippen LogP contribution in [0.2, 0.25) is 0 Å². The van der Waals surface area contributed by atoms with Gasteiger partial charge in [0.1, 0.15) is 11.5 Å². The second-order valence-corrected chi connectivity index (χ2v) is 6.22. The lowest BCUT2D eigenvalue weighted by Crippen LogP contribution is -2.35. The van der Waals surface area contributed by atoms with Gasteiger partial charge in [-0.3, -0.25) is 4.79 Å². The van der Waals surface area contributed by atoms with E-state index in [9.17, 15) is 18.0 Å². The Hall–Kier alpha value is -3.23. The summed E-state index contributed by atoms with van der Waals surface area (Å²) < 4.78 is 53.9. The smallest absolute Gasteiger partial charge is 0.449 e. The van der Waals surface area contributed by atoms with E-state index in [1.54, 1.807) is 0 Å². The molecule has 6 nitrogen and oxygen atoms in total. The van der Waals surface area contributed by atoms with Gasteiger partial charge in [0.15, 0.2) is 12.4 Å². The number of para-hydroxylation sites is 1. The minimum absolute atomic E-state index is 0.106. The second-order valence-electron chi connectivity index (χ2n) is 6.22. The Morgan fingerprint density at radius 1 is 1.14 bits per heavy atom. The van der Waals surface area contributed by atoms with Crippen molar-refractivity contribution in [3.05, 3.63) is 71.3 Å². The number of aromatic nitrogens is 1. The number of oxazole rings is 1. The molecule has 4 rings (SSSR count). The SMILES string of the molecule is O=C(c1ccc(C(F)(F)F)o1)N1CCc2nc(COc3ccccc3)oc2C1. The normalized spacial score (nSPS) is 14.0. The van der Waals surface area contributed by atoms with Crippen molar-refractivity contribution in [3.63, 3.8) is 0 Å². The van der Waals surface area contributed by atoms with Gasteiger partial charge in [0, 0.05) is 13.0 Å². The quantitative estimate of drug-likeness (QED) is 0.670. The molecule has 0 fully saturated rings. The van der Waals surface area contributed by atoms with Crippen molar-refractivity contribution >= 4 is 5.91 Å². The summed E-state index contributed by atoms with van der Waals surface area (Å²) in [6.07, 6.45) is -4.20. The van der Waals surface area contributed by atoms with E-state index < -0.39 is 17.8 Å². The fourth-order valence-corrected chi connectivity index (χ4v) is 2.91. The first-order valence-corrected chi connectivity index (χ1v) is 8.52. The topological polar surface area (TPSA) is 68.7 Å². The Balaban J connectivity index is 1.42. The van der Waals surface area contributed by atoms with E-state index in [-0.39, 0.29) is 18.9 Å². The molecule has 0 saturated heterocycles. The second kappa shape index (κ2) is 7.06. The zero-order valence-electron chi connectivity index (χ0n) is 14.5. The van der Waals surface area contributed by atoms with Crippen LogP contribution < -0.4 is 4.74 Å². The zero-order chi connectivity index (χ0) is 19.7. The lowest BCUT2D eigenvalue weighted by Gasteiger charge is -2.24. The van der Waals surface area contributed by atoms with Gasteiger partial charge in [-0.15, -0.1) is 0 Å². The number of amides is 1. The molecule has 0 bridgehead atoms. The van der Waals surface area contributed by atoms with Crippen LogP contribution >= 0.6 is 0 Å². The number of fused-ring (bicyclic) bond motifs is 1. The molecule has 1 aliphatic rings. The van der Waals surface area contributed by atoms with Crippen LogP contribution in [0.3, 0.4) is 0 Å². The Labute approximate surface area is 157 Å². The van der Waals surface area contributed by atoms with Crippen LogP contribution in [0.1, 0.15) is 33.7 Å². The summed E-state index contributed by atoms with van der Waals surface area (Å²) in [5.74, 6) is -0.640. The molecular weight excluding hydrogens is 377 g/mol. The third-order valence-corrected chi connectivity index (χ3v) is 4.26. The highest BCUT2D eigenvalue weighted by atomic mass is 19.4. The summed E-state index contributed by atoms with van der Waals surface area (Å²) in [6, 6.07) is 11.0.